The maximum Gasteiger partial charge on any atom is 0.266 e. The van der Waals surface area contributed by atoms with Crippen molar-refractivity contribution in [3.63, 3.8) is 0 Å². The Balaban J connectivity index is 2.40. The minimum atomic E-state index is -3.77. The van der Waals surface area contributed by atoms with Crippen LogP contribution in [0.1, 0.15) is 5.56 Å². The molecule has 0 aromatic carbocycles. The summed E-state index contributed by atoms with van der Waals surface area (Å²) in [6.45, 7) is 1.76. The van der Waals surface area contributed by atoms with Gasteiger partial charge in [0.2, 0.25) is 0 Å². The van der Waals surface area contributed by atoms with Crippen LogP contribution in [0.3, 0.4) is 0 Å². The molecular formula is C11H12N4O2S. The zero-order valence-electron chi connectivity index (χ0n) is 9.66. The van der Waals surface area contributed by atoms with E-state index in [1.165, 1.54) is 24.7 Å². The number of rotatable bonds is 3. The topological polar surface area (TPSA) is 98.0 Å². The van der Waals surface area contributed by atoms with Crippen molar-refractivity contribution in [1.29, 1.82) is 0 Å². The summed E-state index contributed by atoms with van der Waals surface area (Å²) in [6, 6.07) is 4.92. The predicted molar refractivity (Wildman–Crippen MR) is 68.4 cm³/mol. The van der Waals surface area contributed by atoms with E-state index in [2.05, 4.69) is 14.7 Å². The van der Waals surface area contributed by atoms with Gasteiger partial charge in [0.15, 0.2) is 0 Å². The molecule has 0 fully saturated rings. The van der Waals surface area contributed by atoms with Gasteiger partial charge in [-0.25, -0.2) is 13.4 Å². The summed E-state index contributed by atoms with van der Waals surface area (Å²) in [5, 5.41) is 0. The van der Waals surface area contributed by atoms with Crippen molar-refractivity contribution in [1.82, 2.24) is 9.97 Å². The van der Waals surface area contributed by atoms with E-state index in [9.17, 15) is 8.42 Å². The van der Waals surface area contributed by atoms with Crippen LogP contribution in [0.25, 0.3) is 0 Å². The van der Waals surface area contributed by atoms with Crippen LogP contribution in [0, 0.1) is 6.92 Å². The number of nitrogens with two attached hydrogens (primary N) is 1. The summed E-state index contributed by atoms with van der Waals surface area (Å²) in [6.07, 6.45) is 4.15. The Morgan fingerprint density at radius 3 is 2.72 bits per heavy atom. The molecule has 3 N–H and O–H groups in total. The maximum atomic E-state index is 12.1. The fourth-order valence-electron chi connectivity index (χ4n) is 1.39. The number of hydrogen-bond acceptors (Lipinski definition) is 5. The van der Waals surface area contributed by atoms with E-state index in [0.29, 0.717) is 0 Å². The second-order valence-corrected chi connectivity index (χ2v) is 5.34. The normalized spacial score (nSPS) is 11.2. The molecule has 0 spiro atoms. The smallest absolute Gasteiger partial charge is 0.266 e. The van der Waals surface area contributed by atoms with E-state index < -0.39 is 10.0 Å². The van der Waals surface area contributed by atoms with Crippen LogP contribution >= 0.6 is 0 Å². The van der Waals surface area contributed by atoms with Gasteiger partial charge in [-0.05, 0) is 24.6 Å². The minimum Gasteiger partial charge on any atom is -0.398 e. The molecule has 94 valence electrons. The molecule has 0 saturated heterocycles. The molecule has 0 atom stereocenters. The number of hydrogen-bond donors (Lipinski definition) is 2. The molecule has 0 amide bonds. The zero-order chi connectivity index (χ0) is 13.2. The average Bonchev–Trinajstić information content (AvgIpc) is 2.32. The number of nitrogens with one attached hydrogen (secondary N) is 1. The Bertz CT molecular complexity index is 670. The molecule has 6 nitrogen and oxygen atoms in total. The fourth-order valence-corrected chi connectivity index (χ4v) is 2.55. The molecule has 0 saturated carbocycles. The SMILES string of the molecule is Cc1cccnc1NS(=O)(=O)c1cnccc1N. The summed E-state index contributed by atoms with van der Waals surface area (Å²) >= 11 is 0. The molecule has 0 radical (unpaired) electrons. The number of sulfonamides is 1. The first-order chi connectivity index (χ1) is 8.50. The van der Waals surface area contributed by atoms with Crippen molar-refractivity contribution in [3.8, 4) is 0 Å². The van der Waals surface area contributed by atoms with Crippen molar-refractivity contribution in [2.75, 3.05) is 10.5 Å². The summed E-state index contributed by atoms with van der Waals surface area (Å²) in [5.74, 6) is 0.278. The first kappa shape index (κ1) is 12.3. The summed E-state index contributed by atoms with van der Waals surface area (Å²) in [7, 11) is -3.77. The second kappa shape index (κ2) is 4.61. The van der Waals surface area contributed by atoms with E-state index in [-0.39, 0.29) is 16.4 Å². The third-order valence-corrected chi connectivity index (χ3v) is 3.73. The van der Waals surface area contributed by atoms with Gasteiger partial charge < -0.3 is 5.73 Å². The highest BCUT2D eigenvalue weighted by molar-refractivity contribution is 7.92. The van der Waals surface area contributed by atoms with Gasteiger partial charge in [-0.3, -0.25) is 9.71 Å². The minimum absolute atomic E-state index is 0.0601. The van der Waals surface area contributed by atoms with Crippen LogP contribution in [-0.4, -0.2) is 18.4 Å². The number of anilines is 2. The van der Waals surface area contributed by atoms with Gasteiger partial charge in [0.1, 0.15) is 10.7 Å². The Hall–Kier alpha value is -2.15. The Morgan fingerprint density at radius 2 is 2.06 bits per heavy atom. The largest absolute Gasteiger partial charge is 0.398 e. The first-order valence-electron chi connectivity index (χ1n) is 5.14. The van der Waals surface area contributed by atoms with Crippen LogP contribution in [0.2, 0.25) is 0 Å². The lowest BCUT2D eigenvalue weighted by Gasteiger charge is -2.10. The molecule has 18 heavy (non-hydrogen) atoms. The molecule has 7 heteroatoms. The van der Waals surface area contributed by atoms with E-state index in [4.69, 9.17) is 5.73 Å². The van der Waals surface area contributed by atoms with Crippen LogP contribution < -0.4 is 10.5 Å². The van der Waals surface area contributed by atoms with Gasteiger partial charge in [0, 0.05) is 18.6 Å². The summed E-state index contributed by atoms with van der Waals surface area (Å²) in [4.78, 5) is 7.66. The number of pyridine rings is 2. The van der Waals surface area contributed by atoms with Gasteiger partial charge in [0.05, 0.1) is 5.69 Å². The van der Waals surface area contributed by atoms with Crippen molar-refractivity contribution in [2.45, 2.75) is 11.8 Å². The summed E-state index contributed by atoms with van der Waals surface area (Å²) < 4.78 is 26.6. The molecular weight excluding hydrogens is 252 g/mol. The van der Waals surface area contributed by atoms with E-state index in [1.54, 1.807) is 19.1 Å². The zero-order valence-corrected chi connectivity index (χ0v) is 10.5. The average molecular weight is 264 g/mol. The van der Waals surface area contributed by atoms with Crippen LogP contribution in [0.4, 0.5) is 11.5 Å². The lowest BCUT2D eigenvalue weighted by Crippen LogP contribution is -2.16. The molecule has 2 aromatic heterocycles. The highest BCUT2D eigenvalue weighted by Gasteiger charge is 2.18. The molecule has 0 aliphatic heterocycles. The Morgan fingerprint density at radius 1 is 1.28 bits per heavy atom. The van der Waals surface area contributed by atoms with Crippen LogP contribution in [-0.2, 0) is 10.0 Å². The lowest BCUT2D eigenvalue weighted by molar-refractivity contribution is 0.601. The molecule has 0 bridgehead atoms. The second-order valence-electron chi connectivity index (χ2n) is 3.69. The molecule has 0 aliphatic rings. The maximum absolute atomic E-state index is 12.1. The lowest BCUT2D eigenvalue weighted by atomic mass is 10.3. The Labute approximate surface area is 105 Å². The standard InChI is InChI=1S/C11H12N4O2S/c1-8-3-2-5-14-11(8)15-18(16,17)10-7-13-6-4-9(10)12/h2-7H,1H3,(H2,12,13)(H,14,15). The number of nitrogen functional groups attached to an aromatic ring is 1. The predicted octanol–water partition coefficient (Wildman–Crippen LogP) is 1.17. The summed E-state index contributed by atoms with van der Waals surface area (Å²) in [5.41, 5.74) is 6.49. The number of nitrogens with zero attached hydrogens (tertiary/aromatic N) is 2. The van der Waals surface area contributed by atoms with Gasteiger partial charge in [-0.1, -0.05) is 6.07 Å². The van der Waals surface area contributed by atoms with Crippen molar-refractivity contribution in [2.24, 2.45) is 0 Å². The van der Waals surface area contributed by atoms with Gasteiger partial charge in [-0.2, -0.15) is 0 Å². The van der Waals surface area contributed by atoms with Crippen molar-refractivity contribution >= 4 is 21.5 Å². The molecule has 0 unspecified atom stereocenters. The quantitative estimate of drug-likeness (QED) is 0.867. The monoisotopic (exact) mass is 264 g/mol. The first-order valence-corrected chi connectivity index (χ1v) is 6.63. The molecule has 0 aliphatic carbocycles. The van der Waals surface area contributed by atoms with Crippen LogP contribution in [0.5, 0.6) is 0 Å². The fraction of sp³-hybridized carbons (Fsp3) is 0.0909. The molecule has 2 heterocycles. The van der Waals surface area contributed by atoms with Crippen molar-refractivity contribution in [3.05, 3.63) is 42.4 Å². The van der Waals surface area contributed by atoms with Crippen LogP contribution in [0.15, 0.2) is 41.7 Å². The van der Waals surface area contributed by atoms with Gasteiger partial charge >= 0.3 is 0 Å². The number of aromatic nitrogens is 2. The Kier molecular flexibility index (Phi) is 3.15. The third kappa shape index (κ3) is 2.40. The highest BCUT2D eigenvalue weighted by atomic mass is 32.2. The van der Waals surface area contributed by atoms with E-state index in [0.717, 1.165) is 5.56 Å². The van der Waals surface area contributed by atoms with Gasteiger partial charge in [-0.15, -0.1) is 0 Å². The highest BCUT2D eigenvalue weighted by Crippen LogP contribution is 2.20. The van der Waals surface area contributed by atoms with E-state index in [1.807, 2.05) is 0 Å². The van der Waals surface area contributed by atoms with Gasteiger partial charge in [0.25, 0.3) is 10.0 Å². The number of aryl methyl sites for hydroxylation is 1. The van der Waals surface area contributed by atoms with Crippen molar-refractivity contribution < 1.29 is 8.42 Å². The molecule has 2 aromatic rings. The molecule has 2 rings (SSSR count). The van der Waals surface area contributed by atoms with E-state index >= 15 is 0 Å². The third-order valence-electron chi connectivity index (χ3n) is 2.35.